The highest BCUT2D eigenvalue weighted by Crippen LogP contribution is 2.26. The van der Waals surface area contributed by atoms with E-state index in [0.717, 1.165) is 10.0 Å². The maximum atomic E-state index is 13.4. The molecule has 0 aromatic heterocycles. The number of amides is 1. The third-order valence-corrected chi connectivity index (χ3v) is 6.64. The fourth-order valence-electron chi connectivity index (χ4n) is 3.66. The molecule has 0 heterocycles. The molecular formula is C25H36N2O6S. The number of nitrogens with zero attached hydrogens (tertiary/aromatic N) is 2. The van der Waals surface area contributed by atoms with Gasteiger partial charge < -0.3 is 10.2 Å². The van der Waals surface area contributed by atoms with E-state index in [-0.39, 0.29) is 11.3 Å². The Kier molecular flexibility index (Phi) is 8.87. The molecule has 2 aromatic rings. The topological polar surface area (TPSA) is 107 Å². The van der Waals surface area contributed by atoms with E-state index in [9.17, 15) is 23.4 Å². The number of aliphatic hydroxyl groups is 1. The monoisotopic (exact) mass is 492 g/mol. The molecule has 2 N–H and O–H groups in total. The van der Waals surface area contributed by atoms with Crippen molar-refractivity contribution in [3.63, 3.8) is 0 Å². The van der Waals surface area contributed by atoms with Crippen LogP contribution in [0, 0.1) is 0 Å². The molecule has 8 nitrogen and oxygen atoms in total. The van der Waals surface area contributed by atoms with Gasteiger partial charge in [-0.3, -0.25) is 9.74 Å². The van der Waals surface area contributed by atoms with Crippen LogP contribution in [-0.4, -0.2) is 63.9 Å². The highest BCUT2D eigenvalue weighted by atomic mass is 32.2. The number of hydroxylamine groups is 1. The van der Waals surface area contributed by atoms with Gasteiger partial charge >= 0.3 is 6.09 Å². The van der Waals surface area contributed by atoms with Crippen LogP contribution < -0.4 is 0 Å². The molecular weight excluding hydrogens is 456 g/mol. The first-order valence-corrected chi connectivity index (χ1v) is 12.6. The highest BCUT2D eigenvalue weighted by molar-refractivity contribution is 7.89. The maximum Gasteiger partial charge on any atom is 0.408 e. The summed E-state index contributed by atoms with van der Waals surface area (Å²) in [6.45, 7) is 9.85. The van der Waals surface area contributed by atoms with Gasteiger partial charge in [0, 0.05) is 5.54 Å². The lowest BCUT2D eigenvalue weighted by atomic mass is 9.95. The lowest BCUT2D eigenvalue weighted by Gasteiger charge is -2.42. The summed E-state index contributed by atoms with van der Waals surface area (Å²) in [4.78, 5) is 19.2. The first kappa shape index (κ1) is 27.8. The molecule has 0 spiro atoms. The third kappa shape index (κ3) is 7.53. The van der Waals surface area contributed by atoms with Gasteiger partial charge in [0.25, 0.3) is 10.0 Å². The van der Waals surface area contributed by atoms with Crippen molar-refractivity contribution in [2.75, 3.05) is 6.54 Å². The Morgan fingerprint density at radius 3 is 1.88 bits per heavy atom. The molecule has 9 heteroatoms. The molecule has 1 amide bonds. The Morgan fingerprint density at radius 1 is 0.941 bits per heavy atom. The summed E-state index contributed by atoms with van der Waals surface area (Å²) in [5, 5.41) is 21.4. The van der Waals surface area contributed by atoms with Crippen molar-refractivity contribution >= 4 is 16.1 Å². The molecule has 0 aliphatic rings. The van der Waals surface area contributed by atoms with Gasteiger partial charge in [-0.1, -0.05) is 53.0 Å². The van der Waals surface area contributed by atoms with Crippen LogP contribution in [0.5, 0.6) is 0 Å². The minimum absolute atomic E-state index is 0.0111. The quantitative estimate of drug-likeness (QED) is 0.509. The van der Waals surface area contributed by atoms with Crippen LogP contribution >= 0.6 is 0 Å². The van der Waals surface area contributed by atoms with Crippen LogP contribution in [-0.2, 0) is 21.3 Å². The molecule has 2 rings (SSSR count). The van der Waals surface area contributed by atoms with Crippen molar-refractivity contribution < 1.29 is 28.3 Å². The van der Waals surface area contributed by atoms with Crippen molar-refractivity contribution in [3.8, 4) is 0 Å². The zero-order valence-electron chi connectivity index (χ0n) is 20.7. The van der Waals surface area contributed by atoms with Crippen molar-refractivity contribution in [1.29, 1.82) is 0 Å². The van der Waals surface area contributed by atoms with Gasteiger partial charge in [-0.2, -0.15) is 0 Å². The lowest BCUT2D eigenvalue weighted by Crippen LogP contribution is -2.58. The molecule has 0 fully saturated rings. The van der Waals surface area contributed by atoms with Gasteiger partial charge in [0.2, 0.25) is 0 Å². The van der Waals surface area contributed by atoms with Gasteiger partial charge in [-0.15, -0.1) is 0 Å². The van der Waals surface area contributed by atoms with Crippen LogP contribution in [0.3, 0.4) is 0 Å². The van der Waals surface area contributed by atoms with Gasteiger partial charge in [-0.25, -0.2) is 13.2 Å². The molecule has 0 aliphatic carbocycles. The summed E-state index contributed by atoms with van der Waals surface area (Å²) in [7, 11) is -4.13. The number of sulfonamides is 1. The second-order valence-electron chi connectivity index (χ2n) is 10.2. The number of hydrogen-bond donors (Lipinski definition) is 2. The first-order valence-electron chi connectivity index (χ1n) is 11.1. The lowest BCUT2D eigenvalue weighted by molar-refractivity contribution is -0.184. The van der Waals surface area contributed by atoms with Crippen LogP contribution in [0.4, 0.5) is 4.79 Å². The van der Waals surface area contributed by atoms with E-state index in [0.29, 0.717) is 0 Å². The summed E-state index contributed by atoms with van der Waals surface area (Å²) < 4.78 is 27.5. The average Bonchev–Trinajstić information content (AvgIpc) is 2.72. The summed E-state index contributed by atoms with van der Waals surface area (Å²) in [5.74, 6) is 0. The van der Waals surface area contributed by atoms with Gasteiger partial charge in [-0.05, 0) is 65.7 Å². The van der Waals surface area contributed by atoms with E-state index in [2.05, 4.69) is 0 Å². The second-order valence-corrected chi connectivity index (χ2v) is 12.0. The Balaban J connectivity index is 2.49. The van der Waals surface area contributed by atoms with E-state index < -0.39 is 45.9 Å². The first-order chi connectivity index (χ1) is 15.6. The number of rotatable bonds is 9. The van der Waals surface area contributed by atoms with E-state index in [1.807, 2.05) is 30.3 Å². The van der Waals surface area contributed by atoms with Crippen LogP contribution in [0.1, 0.15) is 47.1 Å². The summed E-state index contributed by atoms with van der Waals surface area (Å²) in [5.41, 5.74) is -0.913. The smallest absolute Gasteiger partial charge is 0.408 e. The number of aliphatic hydroxyl groups excluding tert-OH is 1. The standard InChI is InChI=1S/C25H36N2O6S/c1-24(2,3)27(23(29)30)21(17-19-13-9-7-10-14-19)22(28)18-26(33-25(4,5)6)34(31,32)20-15-11-8-12-16-20/h7-16,21-22,28H,17-18H2,1-6H3,(H,29,30)/t21-,22-/m0/s1. The molecule has 0 saturated heterocycles. The van der Waals surface area contributed by atoms with Crippen molar-refractivity contribution in [3.05, 3.63) is 66.2 Å². The SMILES string of the molecule is CC(C)(C)ON(C[C@H](O)[C@H](Cc1ccccc1)N(C(=O)O)C(C)(C)C)S(=O)(=O)c1ccccc1. The van der Waals surface area contributed by atoms with Crippen molar-refractivity contribution in [2.24, 2.45) is 0 Å². The Labute approximate surface area is 202 Å². The predicted molar refractivity (Wildman–Crippen MR) is 131 cm³/mol. The fraction of sp³-hybridized carbons (Fsp3) is 0.480. The molecule has 2 aromatic carbocycles. The number of carbonyl (C=O) groups is 1. The van der Waals surface area contributed by atoms with Gasteiger partial charge in [0.15, 0.2) is 0 Å². The van der Waals surface area contributed by atoms with E-state index in [1.165, 1.54) is 17.0 Å². The fourth-order valence-corrected chi connectivity index (χ4v) is 5.06. The van der Waals surface area contributed by atoms with Crippen molar-refractivity contribution in [1.82, 2.24) is 9.37 Å². The van der Waals surface area contributed by atoms with Crippen LogP contribution in [0.15, 0.2) is 65.6 Å². The molecule has 0 saturated carbocycles. The van der Waals surface area contributed by atoms with Crippen molar-refractivity contribution in [2.45, 2.75) is 76.1 Å². The van der Waals surface area contributed by atoms with Crippen LogP contribution in [0.2, 0.25) is 0 Å². The summed E-state index contributed by atoms with van der Waals surface area (Å²) in [6, 6.07) is 16.0. The maximum absolute atomic E-state index is 13.4. The largest absolute Gasteiger partial charge is 0.465 e. The van der Waals surface area contributed by atoms with Gasteiger partial charge in [0.1, 0.15) is 0 Å². The predicted octanol–water partition coefficient (Wildman–Crippen LogP) is 4.16. The molecule has 0 radical (unpaired) electrons. The molecule has 0 bridgehead atoms. The van der Waals surface area contributed by atoms with E-state index >= 15 is 0 Å². The molecule has 0 unspecified atom stereocenters. The number of hydrogen-bond acceptors (Lipinski definition) is 5. The minimum atomic E-state index is -4.13. The van der Waals surface area contributed by atoms with Gasteiger partial charge in [0.05, 0.1) is 29.2 Å². The zero-order valence-corrected chi connectivity index (χ0v) is 21.5. The third-order valence-electron chi connectivity index (χ3n) is 5.01. The normalized spacial score (nSPS) is 14.6. The molecule has 34 heavy (non-hydrogen) atoms. The Morgan fingerprint density at radius 2 is 1.44 bits per heavy atom. The Bertz CT molecular complexity index is 1030. The average molecular weight is 493 g/mol. The molecule has 188 valence electrons. The number of benzene rings is 2. The molecule has 2 atom stereocenters. The summed E-state index contributed by atoms with van der Waals surface area (Å²) >= 11 is 0. The summed E-state index contributed by atoms with van der Waals surface area (Å²) in [6.07, 6.45) is -2.39. The highest BCUT2D eigenvalue weighted by Gasteiger charge is 2.40. The second kappa shape index (κ2) is 10.9. The Hall–Kier alpha value is -2.46. The van der Waals surface area contributed by atoms with E-state index in [4.69, 9.17) is 4.84 Å². The zero-order chi connectivity index (χ0) is 25.7. The number of carboxylic acid groups (broad SMARTS) is 1. The van der Waals surface area contributed by atoms with E-state index in [1.54, 1.807) is 59.7 Å². The minimum Gasteiger partial charge on any atom is -0.465 e. The van der Waals surface area contributed by atoms with Crippen LogP contribution in [0.25, 0.3) is 0 Å². The molecule has 0 aliphatic heterocycles.